The third kappa shape index (κ3) is 5.75. The van der Waals surface area contributed by atoms with E-state index >= 15 is 0 Å². The third-order valence-electron chi connectivity index (χ3n) is 2.56. The van der Waals surface area contributed by atoms with Crippen molar-refractivity contribution >= 4 is 29.5 Å². The summed E-state index contributed by atoms with van der Waals surface area (Å²) < 4.78 is 0. The van der Waals surface area contributed by atoms with Gasteiger partial charge in [0, 0.05) is 30.4 Å². The molecule has 0 aliphatic heterocycles. The van der Waals surface area contributed by atoms with E-state index in [1.54, 1.807) is 18.3 Å². The zero-order valence-electron chi connectivity index (χ0n) is 11.7. The van der Waals surface area contributed by atoms with Crippen molar-refractivity contribution in [3.05, 3.63) is 47.7 Å². The first-order chi connectivity index (χ1) is 9.67. The van der Waals surface area contributed by atoms with Crippen molar-refractivity contribution in [1.29, 1.82) is 0 Å². The number of allylic oxidation sites excluding steroid dienone is 1. The topological polar surface area (TPSA) is 53.5 Å². The van der Waals surface area contributed by atoms with Crippen molar-refractivity contribution in [1.82, 2.24) is 10.6 Å². The molecule has 1 aromatic rings. The molecule has 0 fully saturated rings. The van der Waals surface area contributed by atoms with Gasteiger partial charge in [0.25, 0.3) is 5.91 Å². The molecule has 0 atom stereocenters. The Kier molecular flexibility index (Phi) is 7.21. The largest absolute Gasteiger partial charge is 0.362 e. The van der Waals surface area contributed by atoms with Gasteiger partial charge in [-0.2, -0.15) is 0 Å². The minimum absolute atomic E-state index is 0.207. The quantitative estimate of drug-likeness (QED) is 0.647. The molecule has 0 aliphatic rings. The number of carbonyl (C=O) groups is 1. The molecule has 2 N–H and O–H groups in total. The molecular weight excluding hydrogens is 270 g/mol. The highest BCUT2D eigenvalue weighted by molar-refractivity contribution is 7.80. The van der Waals surface area contributed by atoms with Gasteiger partial charge in [0.05, 0.1) is 0 Å². The molecule has 1 rings (SSSR count). The summed E-state index contributed by atoms with van der Waals surface area (Å²) in [5.74, 6) is -0.207. The lowest BCUT2D eigenvalue weighted by Crippen LogP contribution is -2.39. The van der Waals surface area contributed by atoms with Crippen LogP contribution in [0.1, 0.15) is 30.6 Å². The Balaban J connectivity index is 2.36. The van der Waals surface area contributed by atoms with Crippen LogP contribution in [-0.4, -0.2) is 23.8 Å². The van der Waals surface area contributed by atoms with Crippen LogP contribution in [0.25, 0.3) is 0 Å². The Morgan fingerprint density at radius 1 is 1.30 bits per heavy atom. The van der Waals surface area contributed by atoms with Gasteiger partial charge in [0.2, 0.25) is 0 Å². The standard InChI is InChI=1S/C15H19N3OS/c1-3-13(16-4-2)10-11-17-15(20)18-14(19)12-8-6-5-7-9-12/h3-9H,10-11H2,1-2H3,(H2,17,18,19,20)/b13-3-,16-4-. The molecule has 106 valence electrons. The number of thiocarbonyl (C=S) groups is 1. The molecule has 0 spiro atoms. The normalized spacial score (nSPS) is 11.4. The number of rotatable bonds is 5. The smallest absolute Gasteiger partial charge is 0.257 e. The van der Waals surface area contributed by atoms with E-state index in [0.29, 0.717) is 17.2 Å². The summed E-state index contributed by atoms with van der Waals surface area (Å²) in [5.41, 5.74) is 1.57. The fourth-order valence-corrected chi connectivity index (χ4v) is 1.76. The number of hydrogen-bond acceptors (Lipinski definition) is 3. The first-order valence-corrected chi connectivity index (χ1v) is 6.86. The van der Waals surface area contributed by atoms with Crippen molar-refractivity contribution in [3.8, 4) is 0 Å². The van der Waals surface area contributed by atoms with Crippen LogP contribution in [-0.2, 0) is 0 Å². The molecule has 0 saturated carbocycles. The van der Waals surface area contributed by atoms with Gasteiger partial charge < -0.3 is 5.32 Å². The molecule has 5 heteroatoms. The predicted molar refractivity (Wildman–Crippen MR) is 87.0 cm³/mol. The number of aliphatic imine (C=N–C) groups is 1. The lowest BCUT2D eigenvalue weighted by molar-refractivity contribution is 0.0976. The molecule has 0 aliphatic carbocycles. The number of carbonyl (C=O) groups excluding carboxylic acids is 1. The monoisotopic (exact) mass is 289 g/mol. The number of hydrogen-bond donors (Lipinski definition) is 2. The van der Waals surface area contributed by atoms with Gasteiger partial charge in [-0.1, -0.05) is 24.3 Å². The van der Waals surface area contributed by atoms with E-state index in [4.69, 9.17) is 12.2 Å². The van der Waals surface area contributed by atoms with Crippen LogP contribution in [0.3, 0.4) is 0 Å². The van der Waals surface area contributed by atoms with Crippen LogP contribution >= 0.6 is 12.2 Å². The Hall–Kier alpha value is -2.01. The van der Waals surface area contributed by atoms with E-state index in [0.717, 1.165) is 12.1 Å². The molecule has 0 bridgehead atoms. The van der Waals surface area contributed by atoms with Crippen molar-refractivity contribution in [3.63, 3.8) is 0 Å². The van der Waals surface area contributed by atoms with Gasteiger partial charge in [0.1, 0.15) is 0 Å². The summed E-state index contributed by atoms with van der Waals surface area (Å²) in [6, 6.07) is 8.97. The SMILES string of the molecule is C/C=N\C(=C/C)CCNC(=S)NC(=O)c1ccccc1. The minimum atomic E-state index is -0.207. The Labute approximate surface area is 125 Å². The number of nitrogens with one attached hydrogen (secondary N) is 2. The highest BCUT2D eigenvalue weighted by atomic mass is 32.1. The van der Waals surface area contributed by atoms with Gasteiger partial charge in [-0.3, -0.25) is 15.1 Å². The maximum Gasteiger partial charge on any atom is 0.257 e. The van der Waals surface area contributed by atoms with E-state index in [9.17, 15) is 4.79 Å². The van der Waals surface area contributed by atoms with Crippen LogP contribution in [0.2, 0.25) is 0 Å². The summed E-state index contributed by atoms with van der Waals surface area (Å²) in [7, 11) is 0. The summed E-state index contributed by atoms with van der Waals surface area (Å²) in [6.07, 6.45) is 4.46. The van der Waals surface area contributed by atoms with Crippen LogP contribution in [0.4, 0.5) is 0 Å². The van der Waals surface area contributed by atoms with Gasteiger partial charge in [-0.15, -0.1) is 0 Å². The fraction of sp³-hybridized carbons (Fsp3) is 0.267. The van der Waals surface area contributed by atoms with Crippen molar-refractivity contribution in [2.24, 2.45) is 4.99 Å². The van der Waals surface area contributed by atoms with Crippen LogP contribution in [0, 0.1) is 0 Å². The number of benzene rings is 1. The lowest BCUT2D eigenvalue weighted by atomic mass is 10.2. The average Bonchev–Trinajstić information content (AvgIpc) is 2.47. The molecule has 4 nitrogen and oxygen atoms in total. The summed E-state index contributed by atoms with van der Waals surface area (Å²) >= 11 is 5.08. The average molecular weight is 289 g/mol. The maximum absolute atomic E-state index is 11.8. The second-order valence-corrected chi connectivity index (χ2v) is 4.40. The Bertz CT molecular complexity index is 509. The third-order valence-corrected chi connectivity index (χ3v) is 2.80. The van der Waals surface area contributed by atoms with Gasteiger partial charge >= 0.3 is 0 Å². The Morgan fingerprint density at radius 3 is 2.60 bits per heavy atom. The molecule has 1 aromatic carbocycles. The van der Waals surface area contributed by atoms with Crippen molar-refractivity contribution < 1.29 is 4.79 Å². The van der Waals surface area contributed by atoms with Gasteiger partial charge in [-0.05, 0) is 38.2 Å². The summed E-state index contributed by atoms with van der Waals surface area (Å²) in [6.45, 7) is 4.45. The first kappa shape index (κ1) is 16.0. The maximum atomic E-state index is 11.8. The molecule has 0 radical (unpaired) electrons. The second kappa shape index (κ2) is 8.98. The minimum Gasteiger partial charge on any atom is -0.362 e. The zero-order valence-corrected chi connectivity index (χ0v) is 12.5. The van der Waals surface area contributed by atoms with Crippen LogP contribution < -0.4 is 10.6 Å². The van der Waals surface area contributed by atoms with Crippen molar-refractivity contribution in [2.75, 3.05) is 6.54 Å². The molecule has 1 amide bonds. The molecule has 0 unspecified atom stereocenters. The first-order valence-electron chi connectivity index (χ1n) is 6.45. The van der Waals surface area contributed by atoms with Gasteiger partial charge in [-0.25, -0.2) is 0 Å². The van der Waals surface area contributed by atoms with E-state index in [1.165, 1.54) is 0 Å². The fourth-order valence-electron chi connectivity index (χ4n) is 1.56. The molecule has 20 heavy (non-hydrogen) atoms. The van der Waals surface area contributed by atoms with Crippen LogP contribution in [0.15, 0.2) is 47.1 Å². The van der Waals surface area contributed by atoms with Crippen molar-refractivity contribution in [2.45, 2.75) is 20.3 Å². The Morgan fingerprint density at radius 2 is 2.00 bits per heavy atom. The van der Waals surface area contributed by atoms with Gasteiger partial charge in [0.15, 0.2) is 5.11 Å². The molecule has 0 heterocycles. The lowest BCUT2D eigenvalue weighted by Gasteiger charge is -2.09. The highest BCUT2D eigenvalue weighted by Crippen LogP contribution is 2.01. The predicted octanol–water partition coefficient (Wildman–Crippen LogP) is 2.68. The van der Waals surface area contributed by atoms with E-state index in [-0.39, 0.29) is 5.91 Å². The summed E-state index contributed by atoms with van der Waals surface area (Å²) in [5, 5.41) is 5.96. The van der Waals surface area contributed by atoms with E-state index in [1.807, 2.05) is 38.1 Å². The van der Waals surface area contributed by atoms with E-state index < -0.39 is 0 Å². The highest BCUT2D eigenvalue weighted by Gasteiger charge is 2.06. The van der Waals surface area contributed by atoms with Crippen LogP contribution in [0.5, 0.6) is 0 Å². The molecule has 0 saturated heterocycles. The number of nitrogens with zero attached hydrogens (tertiary/aromatic N) is 1. The second-order valence-electron chi connectivity index (χ2n) is 3.99. The molecule has 0 aromatic heterocycles. The summed E-state index contributed by atoms with van der Waals surface area (Å²) in [4.78, 5) is 16.1. The van der Waals surface area contributed by atoms with E-state index in [2.05, 4.69) is 15.6 Å². The molecular formula is C15H19N3OS. The number of amides is 1. The zero-order chi connectivity index (χ0) is 14.8.